The SMILES string of the molecule is COc1ccc(C=CC(=O)Nc2ccc(OC(=O)C(C)C)cc2)cc1. The molecule has 0 bridgehead atoms. The van der Waals surface area contributed by atoms with Crippen LogP contribution in [0.3, 0.4) is 0 Å². The summed E-state index contributed by atoms with van der Waals surface area (Å²) in [5, 5.41) is 2.75. The van der Waals surface area contributed by atoms with Crippen LogP contribution in [-0.4, -0.2) is 19.0 Å². The molecule has 1 amide bonds. The van der Waals surface area contributed by atoms with Gasteiger partial charge in [-0.2, -0.15) is 0 Å². The number of hydrogen-bond acceptors (Lipinski definition) is 4. The molecule has 0 fully saturated rings. The van der Waals surface area contributed by atoms with E-state index in [1.165, 1.54) is 6.08 Å². The van der Waals surface area contributed by atoms with Crippen molar-refractivity contribution in [2.45, 2.75) is 13.8 Å². The highest BCUT2D eigenvalue weighted by molar-refractivity contribution is 6.01. The van der Waals surface area contributed by atoms with E-state index in [1.807, 2.05) is 24.3 Å². The first kappa shape index (κ1) is 18.3. The van der Waals surface area contributed by atoms with Crippen LogP contribution in [-0.2, 0) is 9.59 Å². The normalized spacial score (nSPS) is 10.7. The molecule has 0 aromatic heterocycles. The Bertz CT molecular complexity index is 746. The van der Waals surface area contributed by atoms with Crippen LogP contribution in [0.1, 0.15) is 19.4 Å². The number of benzene rings is 2. The van der Waals surface area contributed by atoms with Crippen molar-refractivity contribution in [2.24, 2.45) is 5.92 Å². The van der Waals surface area contributed by atoms with E-state index in [0.717, 1.165) is 11.3 Å². The van der Waals surface area contributed by atoms with E-state index < -0.39 is 0 Å². The number of rotatable bonds is 6. The maximum absolute atomic E-state index is 12.0. The topological polar surface area (TPSA) is 64.6 Å². The largest absolute Gasteiger partial charge is 0.497 e. The zero-order chi connectivity index (χ0) is 18.2. The van der Waals surface area contributed by atoms with E-state index in [-0.39, 0.29) is 17.8 Å². The van der Waals surface area contributed by atoms with Gasteiger partial charge in [0.2, 0.25) is 5.91 Å². The van der Waals surface area contributed by atoms with Crippen molar-refractivity contribution in [3.8, 4) is 11.5 Å². The van der Waals surface area contributed by atoms with Crippen molar-refractivity contribution in [1.82, 2.24) is 0 Å². The Kier molecular flexibility index (Phi) is 6.34. The number of carbonyl (C=O) groups excluding carboxylic acids is 2. The molecule has 0 heterocycles. The van der Waals surface area contributed by atoms with Crippen LogP contribution < -0.4 is 14.8 Å². The third-order valence-corrected chi connectivity index (χ3v) is 3.35. The van der Waals surface area contributed by atoms with Gasteiger partial charge in [-0.15, -0.1) is 0 Å². The molecule has 0 unspecified atom stereocenters. The smallest absolute Gasteiger partial charge is 0.313 e. The predicted octanol–water partition coefficient (Wildman–Crippen LogP) is 3.91. The summed E-state index contributed by atoms with van der Waals surface area (Å²) in [6.45, 7) is 3.54. The molecule has 2 aromatic rings. The Morgan fingerprint density at radius 1 is 0.960 bits per heavy atom. The van der Waals surface area contributed by atoms with Crippen molar-refractivity contribution >= 4 is 23.6 Å². The number of carbonyl (C=O) groups is 2. The number of methoxy groups -OCH3 is 1. The lowest BCUT2D eigenvalue weighted by Crippen LogP contribution is -2.14. The number of amides is 1. The summed E-state index contributed by atoms with van der Waals surface area (Å²) in [5.74, 6) is 0.481. The van der Waals surface area contributed by atoms with Crippen LogP contribution in [0.15, 0.2) is 54.6 Å². The fourth-order valence-electron chi connectivity index (χ4n) is 1.91. The van der Waals surface area contributed by atoms with Gasteiger partial charge in [-0.05, 0) is 48.0 Å². The Balaban J connectivity index is 1.91. The molecule has 0 saturated heterocycles. The maximum atomic E-state index is 12.0. The summed E-state index contributed by atoms with van der Waals surface area (Å²) in [5.41, 5.74) is 1.51. The third-order valence-electron chi connectivity index (χ3n) is 3.35. The Morgan fingerprint density at radius 3 is 2.12 bits per heavy atom. The molecular formula is C20H21NO4. The molecule has 0 saturated carbocycles. The zero-order valence-electron chi connectivity index (χ0n) is 14.5. The van der Waals surface area contributed by atoms with Crippen LogP contribution in [0.4, 0.5) is 5.69 Å². The van der Waals surface area contributed by atoms with E-state index in [4.69, 9.17) is 9.47 Å². The fourth-order valence-corrected chi connectivity index (χ4v) is 1.91. The fraction of sp³-hybridized carbons (Fsp3) is 0.200. The summed E-state index contributed by atoms with van der Waals surface area (Å²) >= 11 is 0. The van der Waals surface area contributed by atoms with E-state index in [9.17, 15) is 9.59 Å². The van der Waals surface area contributed by atoms with Gasteiger partial charge in [-0.25, -0.2) is 0 Å². The van der Waals surface area contributed by atoms with Crippen molar-refractivity contribution < 1.29 is 19.1 Å². The molecule has 5 heteroatoms. The molecule has 130 valence electrons. The van der Waals surface area contributed by atoms with Crippen molar-refractivity contribution in [2.75, 3.05) is 12.4 Å². The average Bonchev–Trinajstić information content (AvgIpc) is 2.62. The molecule has 0 aliphatic rings. The minimum absolute atomic E-state index is 0.192. The van der Waals surface area contributed by atoms with Crippen LogP contribution in [0.2, 0.25) is 0 Å². The van der Waals surface area contributed by atoms with Crippen LogP contribution >= 0.6 is 0 Å². The first-order valence-corrected chi connectivity index (χ1v) is 7.93. The van der Waals surface area contributed by atoms with Gasteiger partial charge in [-0.3, -0.25) is 9.59 Å². The third kappa shape index (κ3) is 5.80. The predicted molar refractivity (Wildman–Crippen MR) is 97.6 cm³/mol. The van der Waals surface area contributed by atoms with Crippen molar-refractivity contribution in [3.05, 3.63) is 60.2 Å². The molecule has 0 atom stereocenters. The molecule has 0 spiro atoms. The Morgan fingerprint density at radius 2 is 1.56 bits per heavy atom. The summed E-state index contributed by atoms with van der Waals surface area (Å²) in [4.78, 5) is 23.5. The first-order valence-electron chi connectivity index (χ1n) is 7.93. The number of hydrogen-bond donors (Lipinski definition) is 1. The van der Waals surface area contributed by atoms with Gasteiger partial charge in [0.05, 0.1) is 13.0 Å². The molecule has 2 rings (SSSR count). The van der Waals surface area contributed by atoms with Gasteiger partial charge in [0.1, 0.15) is 11.5 Å². The van der Waals surface area contributed by atoms with E-state index in [2.05, 4.69) is 5.32 Å². The molecule has 1 N–H and O–H groups in total. The highest BCUT2D eigenvalue weighted by Gasteiger charge is 2.09. The van der Waals surface area contributed by atoms with Gasteiger partial charge in [0, 0.05) is 11.8 Å². The second-order valence-electron chi connectivity index (χ2n) is 5.70. The number of ether oxygens (including phenoxy) is 2. The number of anilines is 1. The monoisotopic (exact) mass is 339 g/mol. The van der Waals surface area contributed by atoms with Gasteiger partial charge < -0.3 is 14.8 Å². The highest BCUT2D eigenvalue weighted by atomic mass is 16.5. The standard InChI is InChI=1S/C20H21NO4/c1-14(2)20(23)25-18-11-7-16(8-12-18)21-19(22)13-6-15-4-9-17(24-3)10-5-15/h4-14H,1-3H3,(H,21,22). The van der Waals surface area contributed by atoms with Crippen molar-refractivity contribution in [1.29, 1.82) is 0 Å². The quantitative estimate of drug-likeness (QED) is 0.492. The Labute approximate surface area is 147 Å². The molecular weight excluding hydrogens is 318 g/mol. The summed E-state index contributed by atoms with van der Waals surface area (Å²) in [6.07, 6.45) is 3.17. The van der Waals surface area contributed by atoms with Gasteiger partial charge in [0.25, 0.3) is 0 Å². The summed E-state index contributed by atoms with van der Waals surface area (Å²) in [7, 11) is 1.60. The van der Waals surface area contributed by atoms with Crippen LogP contribution in [0.5, 0.6) is 11.5 Å². The van der Waals surface area contributed by atoms with E-state index in [0.29, 0.717) is 11.4 Å². The number of nitrogens with one attached hydrogen (secondary N) is 1. The second kappa shape index (κ2) is 8.68. The van der Waals surface area contributed by atoms with E-state index in [1.54, 1.807) is 51.3 Å². The molecule has 5 nitrogen and oxygen atoms in total. The second-order valence-corrected chi connectivity index (χ2v) is 5.70. The van der Waals surface area contributed by atoms with Gasteiger partial charge >= 0.3 is 5.97 Å². The van der Waals surface area contributed by atoms with Gasteiger partial charge in [0.15, 0.2) is 0 Å². The average molecular weight is 339 g/mol. The molecule has 25 heavy (non-hydrogen) atoms. The first-order chi connectivity index (χ1) is 12.0. The highest BCUT2D eigenvalue weighted by Crippen LogP contribution is 2.17. The minimum atomic E-state index is -0.292. The summed E-state index contributed by atoms with van der Waals surface area (Å²) in [6, 6.07) is 14.0. The lowest BCUT2D eigenvalue weighted by molar-refractivity contribution is -0.137. The van der Waals surface area contributed by atoms with Crippen LogP contribution in [0.25, 0.3) is 6.08 Å². The molecule has 2 aromatic carbocycles. The Hall–Kier alpha value is -3.08. The van der Waals surface area contributed by atoms with E-state index >= 15 is 0 Å². The molecule has 0 radical (unpaired) electrons. The lowest BCUT2D eigenvalue weighted by atomic mass is 10.2. The molecule has 0 aliphatic heterocycles. The zero-order valence-corrected chi connectivity index (χ0v) is 14.5. The van der Waals surface area contributed by atoms with Crippen molar-refractivity contribution in [3.63, 3.8) is 0 Å². The summed E-state index contributed by atoms with van der Waals surface area (Å²) < 4.78 is 10.3. The van der Waals surface area contributed by atoms with Crippen LogP contribution in [0, 0.1) is 5.92 Å². The number of esters is 1. The minimum Gasteiger partial charge on any atom is -0.497 e. The molecule has 0 aliphatic carbocycles. The van der Waals surface area contributed by atoms with Gasteiger partial charge in [-0.1, -0.05) is 26.0 Å². The maximum Gasteiger partial charge on any atom is 0.313 e. The lowest BCUT2D eigenvalue weighted by Gasteiger charge is -2.07.